The number of carboxylic acid groups (broad SMARTS) is 1. The highest BCUT2D eigenvalue weighted by molar-refractivity contribution is 9.10. The second kappa shape index (κ2) is 8.97. The van der Waals surface area contributed by atoms with E-state index in [9.17, 15) is 4.79 Å². The number of rotatable bonds is 9. The number of ether oxygens (including phenoxy) is 1. The normalized spacial score (nSPS) is 12.2. The van der Waals surface area contributed by atoms with E-state index in [1.165, 1.54) is 0 Å². The van der Waals surface area contributed by atoms with Crippen molar-refractivity contribution in [3.05, 3.63) is 28.2 Å². The molecule has 1 unspecified atom stereocenters. The predicted octanol–water partition coefficient (Wildman–Crippen LogP) is 3.58. The summed E-state index contributed by atoms with van der Waals surface area (Å²) in [6.45, 7) is 5.84. The van der Waals surface area contributed by atoms with Crippen LogP contribution in [-0.4, -0.2) is 23.7 Å². The van der Waals surface area contributed by atoms with Crippen LogP contribution in [-0.2, 0) is 11.3 Å². The molecule has 0 heterocycles. The van der Waals surface area contributed by atoms with Gasteiger partial charge in [0.05, 0.1) is 4.47 Å². The third-order valence-corrected chi connectivity index (χ3v) is 3.47. The molecule has 1 rings (SSSR count). The van der Waals surface area contributed by atoms with E-state index in [2.05, 4.69) is 28.2 Å². The summed E-state index contributed by atoms with van der Waals surface area (Å²) in [7, 11) is 0. The van der Waals surface area contributed by atoms with Crippen LogP contribution in [0.5, 0.6) is 5.75 Å². The molecule has 0 aliphatic rings. The highest BCUT2D eigenvalue weighted by atomic mass is 79.9. The Morgan fingerprint density at radius 1 is 1.40 bits per heavy atom. The molecule has 4 nitrogen and oxygen atoms in total. The molecule has 0 fully saturated rings. The van der Waals surface area contributed by atoms with Crippen molar-refractivity contribution in [3.63, 3.8) is 0 Å². The fourth-order valence-corrected chi connectivity index (χ4v) is 2.33. The predicted molar refractivity (Wildman–Crippen MR) is 83.1 cm³/mol. The molecule has 1 atom stereocenters. The van der Waals surface area contributed by atoms with E-state index in [0.717, 1.165) is 36.0 Å². The Bertz CT molecular complexity index is 437. The summed E-state index contributed by atoms with van der Waals surface area (Å²) in [5.41, 5.74) is 1.14. The topological polar surface area (TPSA) is 58.6 Å². The average molecular weight is 344 g/mol. The minimum atomic E-state index is -0.924. The van der Waals surface area contributed by atoms with Gasteiger partial charge in [0.25, 0.3) is 0 Å². The molecular weight excluding hydrogens is 322 g/mol. The minimum Gasteiger partial charge on any atom is -0.479 e. The van der Waals surface area contributed by atoms with Gasteiger partial charge in [0.1, 0.15) is 5.75 Å². The Morgan fingerprint density at radius 2 is 2.15 bits per heavy atom. The molecule has 0 aliphatic carbocycles. The van der Waals surface area contributed by atoms with Gasteiger partial charge in [-0.1, -0.05) is 26.3 Å². The van der Waals surface area contributed by atoms with E-state index in [0.29, 0.717) is 12.2 Å². The summed E-state index contributed by atoms with van der Waals surface area (Å²) in [6, 6.07) is 5.73. The number of nitrogens with one attached hydrogen (secondary N) is 1. The van der Waals surface area contributed by atoms with Crippen molar-refractivity contribution in [1.82, 2.24) is 5.32 Å². The molecule has 0 aliphatic heterocycles. The minimum absolute atomic E-state index is 0.502. The van der Waals surface area contributed by atoms with Crippen molar-refractivity contribution >= 4 is 21.9 Å². The van der Waals surface area contributed by atoms with Gasteiger partial charge in [-0.3, -0.25) is 0 Å². The summed E-state index contributed by atoms with van der Waals surface area (Å²) in [5.74, 6) is -0.350. The maximum absolute atomic E-state index is 11.1. The van der Waals surface area contributed by atoms with E-state index in [1.807, 2.05) is 25.1 Å². The molecule has 5 heteroatoms. The summed E-state index contributed by atoms with van der Waals surface area (Å²) in [5, 5.41) is 12.4. The van der Waals surface area contributed by atoms with E-state index in [-0.39, 0.29) is 0 Å². The van der Waals surface area contributed by atoms with Gasteiger partial charge in [-0.05, 0) is 53.0 Å². The van der Waals surface area contributed by atoms with Crippen LogP contribution in [0.1, 0.15) is 38.7 Å². The number of benzene rings is 1. The zero-order valence-corrected chi connectivity index (χ0v) is 13.6. The van der Waals surface area contributed by atoms with Gasteiger partial charge in [-0.2, -0.15) is 0 Å². The SMILES string of the molecule is CCCNCc1ccc(OC(CCC)C(=O)O)c(Br)c1. The smallest absolute Gasteiger partial charge is 0.344 e. The van der Waals surface area contributed by atoms with E-state index >= 15 is 0 Å². The molecule has 1 aromatic rings. The van der Waals surface area contributed by atoms with Gasteiger partial charge in [-0.25, -0.2) is 4.79 Å². The highest BCUT2D eigenvalue weighted by Gasteiger charge is 2.19. The zero-order chi connectivity index (χ0) is 15.0. The Labute approximate surface area is 128 Å². The summed E-state index contributed by atoms with van der Waals surface area (Å²) < 4.78 is 6.35. The summed E-state index contributed by atoms with van der Waals surface area (Å²) in [4.78, 5) is 11.1. The maximum Gasteiger partial charge on any atom is 0.344 e. The fourth-order valence-electron chi connectivity index (χ4n) is 1.81. The molecule has 1 aromatic carbocycles. The number of hydrogen-bond acceptors (Lipinski definition) is 3. The lowest BCUT2D eigenvalue weighted by Gasteiger charge is -2.16. The van der Waals surface area contributed by atoms with Crippen molar-refractivity contribution in [2.24, 2.45) is 0 Å². The van der Waals surface area contributed by atoms with Crippen LogP contribution >= 0.6 is 15.9 Å². The van der Waals surface area contributed by atoms with Crippen LogP contribution in [0, 0.1) is 0 Å². The summed E-state index contributed by atoms with van der Waals surface area (Å²) in [6.07, 6.45) is 1.58. The molecule has 0 amide bonds. The van der Waals surface area contributed by atoms with Crippen molar-refractivity contribution < 1.29 is 14.6 Å². The van der Waals surface area contributed by atoms with Crippen molar-refractivity contribution in [2.45, 2.75) is 45.8 Å². The standard InChI is InChI=1S/C15H22BrNO3/c1-3-5-14(15(18)19)20-13-7-6-11(9-12(13)16)10-17-8-4-2/h6-7,9,14,17H,3-5,8,10H2,1-2H3,(H,18,19). The monoisotopic (exact) mass is 343 g/mol. The van der Waals surface area contributed by atoms with Crippen LogP contribution in [0.25, 0.3) is 0 Å². The van der Waals surface area contributed by atoms with Crippen LogP contribution in [0.4, 0.5) is 0 Å². The van der Waals surface area contributed by atoms with E-state index in [4.69, 9.17) is 9.84 Å². The van der Waals surface area contributed by atoms with Gasteiger partial charge < -0.3 is 15.2 Å². The molecule has 112 valence electrons. The lowest BCUT2D eigenvalue weighted by atomic mass is 10.2. The molecule has 0 spiro atoms. The Balaban J connectivity index is 2.69. The maximum atomic E-state index is 11.1. The van der Waals surface area contributed by atoms with Crippen LogP contribution in [0.15, 0.2) is 22.7 Å². The van der Waals surface area contributed by atoms with Crippen molar-refractivity contribution in [1.29, 1.82) is 0 Å². The van der Waals surface area contributed by atoms with Gasteiger partial charge in [0.2, 0.25) is 0 Å². The first-order valence-corrected chi connectivity index (χ1v) is 7.76. The Morgan fingerprint density at radius 3 is 2.70 bits per heavy atom. The van der Waals surface area contributed by atoms with Gasteiger partial charge in [-0.15, -0.1) is 0 Å². The number of aliphatic carboxylic acids is 1. The second-order valence-corrected chi connectivity index (χ2v) is 5.53. The van der Waals surface area contributed by atoms with Crippen LogP contribution in [0.2, 0.25) is 0 Å². The second-order valence-electron chi connectivity index (χ2n) is 4.67. The summed E-state index contributed by atoms with van der Waals surface area (Å²) >= 11 is 3.44. The van der Waals surface area contributed by atoms with Crippen molar-refractivity contribution in [2.75, 3.05) is 6.54 Å². The van der Waals surface area contributed by atoms with E-state index in [1.54, 1.807) is 0 Å². The van der Waals surface area contributed by atoms with E-state index < -0.39 is 12.1 Å². The number of halogens is 1. The molecule has 20 heavy (non-hydrogen) atoms. The Kier molecular flexibility index (Phi) is 7.62. The fraction of sp³-hybridized carbons (Fsp3) is 0.533. The molecular formula is C15H22BrNO3. The van der Waals surface area contributed by atoms with Gasteiger partial charge in [0.15, 0.2) is 6.10 Å². The van der Waals surface area contributed by atoms with Gasteiger partial charge in [0, 0.05) is 6.54 Å². The van der Waals surface area contributed by atoms with Gasteiger partial charge >= 0.3 is 5.97 Å². The quantitative estimate of drug-likeness (QED) is 0.673. The molecule has 0 saturated carbocycles. The third-order valence-electron chi connectivity index (χ3n) is 2.85. The molecule has 0 bridgehead atoms. The highest BCUT2D eigenvalue weighted by Crippen LogP contribution is 2.27. The lowest BCUT2D eigenvalue weighted by molar-refractivity contribution is -0.145. The van der Waals surface area contributed by atoms with Crippen LogP contribution < -0.4 is 10.1 Å². The number of carbonyl (C=O) groups is 1. The van der Waals surface area contributed by atoms with Crippen LogP contribution in [0.3, 0.4) is 0 Å². The molecule has 2 N–H and O–H groups in total. The first kappa shape index (κ1) is 17.0. The lowest BCUT2D eigenvalue weighted by Crippen LogP contribution is -2.26. The third kappa shape index (κ3) is 5.51. The Hall–Kier alpha value is -1.07. The molecule has 0 aromatic heterocycles. The first-order valence-electron chi connectivity index (χ1n) is 6.97. The number of carboxylic acids is 1. The van der Waals surface area contributed by atoms with Crippen molar-refractivity contribution in [3.8, 4) is 5.75 Å². The first-order chi connectivity index (χ1) is 9.58. The molecule has 0 radical (unpaired) electrons. The molecule has 0 saturated heterocycles. The zero-order valence-electron chi connectivity index (χ0n) is 12.0. The number of hydrogen-bond donors (Lipinski definition) is 2. The average Bonchev–Trinajstić information content (AvgIpc) is 2.41. The largest absolute Gasteiger partial charge is 0.479 e.